The summed E-state index contributed by atoms with van der Waals surface area (Å²) in [6.45, 7) is 8.62. The fourth-order valence-electron chi connectivity index (χ4n) is 3.12. The second kappa shape index (κ2) is 7.35. The molecule has 2 aromatic rings. The molecule has 1 amide bonds. The van der Waals surface area contributed by atoms with E-state index in [4.69, 9.17) is 9.26 Å². The number of carbonyl (C=O) groups excluding carboxylic acids is 1. The van der Waals surface area contributed by atoms with Crippen LogP contribution in [0.2, 0.25) is 0 Å². The van der Waals surface area contributed by atoms with E-state index in [0.29, 0.717) is 18.3 Å². The average Bonchev–Trinajstić information content (AvgIpc) is 3.25. The summed E-state index contributed by atoms with van der Waals surface area (Å²) in [4.78, 5) is 16.3. The van der Waals surface area contributed by atoms with E-state index >= 15 is 0 Å². The lowest BCUT2D eigenvalue weighted by Crippen LogP contribution is -2.31. The minimum absolute atomic E-state index is 0.0244. The van der Waals surface area contributed by atoms with Gasteiger partial charge in [0.25, 0.3) is 0 Å². The molecule has 0 radical (unpaired) electrons. The fourth-order valence-corrected chi connectivity index (χ4v) is 3.12. The van der Waals surface area contributed by atoms with Crippen molar-refractivity contribution in [3.63, 3.8) is 0 Å². The van der Waals surface area contributed by atoms with Crippen LogP contribution in [0, 0.1) is 0 Å². The molecule has 2 aromatic heterocycles. The molecule has 8 heteroatoms. The van der Waals surface area contributed by atoms with Gasteiger partial charge in [-0.25, -0.2) is 0 Å². The monoisotopic (exact) mass is 347 g/mol. The quantitative estimate of drug-likeness (QED) is 0.860. The van der Waals surface area contributed by atoms with Crippen molar-refractivity contribution in [1.29, 1.82) is 0 Å². The molecule has 1 saturated heterocycles. The molecule has 1 fully saturated rings. The maximum Gasteiger partial charge on any atom is 0.232 e. The predicted molar refractivity (Wildman–Crippen MR) is 89.9 cm³/mol. The largest absolute Gasteiger partial charge is 0.371 e. The normalized spacial score (nSPS) is 20.6. The number of nitrogens with one attached hydrogen (secondary N) is 1. The van der Waals surface area contributed by atoms with Crippen LogP contribution in [-0.2, 0) is 16.0 Å². The Morgan fingerprint density at radius 3 is 2.92 bits per heavy atom. The molecule has 3 heterocycles. The Bertz CT molecular complexity index is 721. The van der Waals surface area contributed by atoms with E-state index in [0.717, 1.165) is 12.1 Å². The zero-order valence-electron chi connectivity index (χ0n) is 15.1. The molecular formula is C17H25N5O3. The van der Waals surface area contributed by atoms with Crippen molar-refractivity contribution in [3.05, 3.63) is 29.7 Å². The third-order valence-electron chi connectivity index (χ3n) is 4.14. The van der Waals surface area contributed by atoms with Crippen LogP contribution in [0.1, 0.15) is 69.6 Å². The van der Waals surface area contributed by atoms with Crippen molar-refractivity contribution in [2.45, 2.75) is 64.6 Å². The number of aromatic nitrogens is 4. The van der Waals surface area contributed by atoms with E-state index in [1.54, 1.807) is 6.20 Å². The molecule has 0 aromatic carbocycles. The Kier molecular flexibility index (Phi) is 5.17. The summed E-state index contributed by atoms with van der Waals surface area (Å²) in [5.74, 6) is 0.783. The summed E-state index contributed by atoms with van der Waals surface area (Å²) in [7, 11) is 0. The molecule has 0 saturated carbocycles. The summed E-state index contributed by atoms with van der Waals surface area (Å²) in [6, 6.07) is 2.30. The van der Waals surface area contributed by atoms with Crippen molar-refractivity contribution in [3.8, 4) is 0 Å². The van der Waals surface area contributed by atoms with Crippen molar-refractivity contribution >= 4 is 5.91 Å². The SMILES string of the molecule is CC(C)NC(=O)Cc1noc([C@@H]2CCO[C@H]2c2ccnn2C(C)C)n1. The maximum atomic E-state index is 11.9. The molecular weight excluding hydrogens is 322 g/mol. The number of hydrogen-bond donors (Lipinski definition) is 1. The minimum atomic E-state index is -0.164. The Morgan fingerprint density at radius 2 is 2.20 bits per heavy atom. The van der Waals surface area contributed by atoms with Gasteiger partial charge in [-0.3, -0.25) is 9.48 Å². The van der Waals surface area contributed by atoms with Gasteiger partial charge in [0.05, 0.1) is 18.0 Å². The van der Waals surface area contributed by atoms with Gasteiger partial charge in [0.15, 0.2) is 5.82 Å². The van der Waals surface area contributed by atoms with Crippen LogP contribution in [0.3, 0.4) is 0 Å². The summed E-state index contributed by atoms with van der Waals surface area (Å²) < 4.78 is 13.3. The van der Waals surface area contributed by atoms with E-state index < -0.39 is 0 Å². The topological polar surface area (TPSA) is 95.1 Å². The van der Waals surface area contributed by atoms with Gasteiger partial charge in [-0.1, -0.05) is 5.16 Å². The second-order valence-electron chi connectivity index (χ2n) is 6.93. The highest BCUT2D eigenvalue weighted by Gasteiger charge is 2.37. The Balaban J connectivity index is 1.75. The Hall–Kier alpha value is -2.22. The molecule has 8 nitrogen and oxygen atoms in total. The zero-order chi connectivity index (χ0) is 18.0. The lowest BCUT2D eigenvalue weighted by Gasteiger charge is -2.19. The number of amides is 1. The van der Waals surface area contributed by atoms with Gasteiger partial charge in [-0.05, 0) is 40.2 Å². The number of nitrogens with zero attached hydrogens (tertiary/aromatic N) is 4. The third kappa shape index (κ3) is 3.89. The first-order valence-corrected chi connectivity index (χ1v) is 8.72. The van der Waals surface area contributed by atoms with Gasteiger partial charge in [0, 0.05) is 24.9 Å². The van der Waals surface area contributed by atoms with Crippen molar-refractivity contribution in [1.82, 2.24) is 25.2 Å². The van der Waals surface area contributed by atoms with Gasteiger partial charge in [0.2, 0.25) is 11.8 Å². The molecule has 3 rings (SSSR count). The van der Waals surface area contributed by atoms with Gasteiger partial charge in [-0.15, -0.1) is 0 Å². The Labute approximate surface area is 146 Å². The van der Waals surface area contributed by atoms with Crippen LogP contribution in [0.25, 0.3) is 0 Å². The summed E-state index contributed by atoms with van der Waals surface area (Å²) in [5, 5.41) is 11.2. The summed E-state index contributed by atoms with van der Waals surface area (Å²) in [5.41, 5.74) is 1.01. The summed E-state index contributed by atoms with van der Waals surface area (Å²) in [6.07, 6.45) is 2.53. The third-order valence-corrected chi connectivity index (χ3v) is 4.14. The first-order valence-electron chi connectivity index (χ1n) is 8.72. The first kappa shape index (κ1) is 17.6. The van der Waals surface area contributed by atoms with Crippen molar-refractivity contribution < 1.29 is 14.1 Å². The molecule has 0 spiro atoms. The van der Waals surface area contributed by atoms with Crippen LogP contribution in [0.5, 0.6) is 0 Å². The lowest BCUT2D eigenvalue weighted by atomic mass is 9.98. The van der Waals surface area contributed by atoms with Crippen LogP contribution in [-0.4, -0.2) is 38.5 Å². The molecule has 1 aliphatic rings. The number of rotatable bonds is 6. The van der Waals surface area contributed by atoms with Crippen LogP contribution in [0.15, 0.2) is 16.8 Å². The van der Waals surface area contributed by atoms with Crippen molar-refractivity contribution in [2.24, 2.45) is 0 Å². The van der Waals surface area contributed by atoms with E-state index in [2.05, 4.69) is 34.4 Å². The Morgan fingerprint density at radius 1 is 1.40 bits per heavy atom. The standard InChI is InChI=1S/C17H25N5O3/c1-10(2)19-15(23)9-14-20-17(25-21-14)12-6-8-24-16(12)13-5-7-18-22(13)11(3)4/h5,7,10-12,16H,6,8-9H2,1-4H3,(H,19,23)/t12-,16-/m1/s1. The van der Waals surface area contributed by atoms with Gasteiger partial charge in [-0.2, -0.15) is 10.1 Å². The average molecular weight is 347 g/mol. The van der Waals surface area contributed by atoms with Gasteiger partial charge < -0.3 is 14.6 Å². The van der Waals surface area contributed by atoms with Crippen molar-refractivity contribution in [2.75, 3.05) is 6.61 Å². The highest BCUT2D eigenvalue weighted by atomic mass is 16.5. The number of ether oxygens (including phenoxy) is 1. The van der Waals surface area contributed by atoms with E-state index in [9.17, 15) is 4.79 Å². The molecule has 0 aliphatic carbocycles. The summed E-state index contributed by atoms with van der Waals surface area (Å²) >= 11 is 0. The zero-order valence-corrected chi connectivity index (χ0v) is 15.1. The highest BCUT2D eigenvalue weighted by molar-refractivity contribution is 5.77. The molecule has 0 bridgehead atoms. The smallest absolute Gasteiger partial charge is 0.232 e. The fraction of sp³-hybridized carbons (Fsp3) is 0.647. The van der Waals surface area contributed by atoms with Crippen LogP contribution in [0.4, 0.5) is 0 Å². The molecule has 25 heavy (non-hydrogen) atoms. The molecule has 2 atom stereocenters. The minimum Gasteiger partial charge on any atom is -0.371 e. The number of carbonyl (C=O) groups is 1. The van der Waals surface area contributed by atoms with E-state index in [1.165, 1.54) is 0 Å². The van der Waals surface area contributed by atoms with E-state index in [1.807, 2.05) is 24.6 Å². The first-order chi connectivity index (χ1) is 12.0. The van der Waals surface area contributed by atoms with Crippen LogP contribution < -0.4 is 5.32 Å². The highest BCUT2D eigenvalue weighted by Crippen LogP contribution is 2.41. The maximum absolute atomic E-state index is 11.9. The second-order valence-corrected chi connectivity index (χ2v) is 6.93. The van der Waals surface area contributed by atoms with Gasteiger partial charge >= 0.3 is 0 Å². The molecule has 0 unspecified atom stereocenters. The number of hydrogen-bond acceptors (Lipinski definition) is 6. The van der Waals surface area contributed by atoms with Crippen LogP contribution >= 0.6 is 0 Å². The molecule has 1 N–H and O–H groups in total. The molecule has 136 valence electrons. The van der Waals surface area contributed by atoms with E-state index in [-0.39, 0.29) is 36.4 Å². The van der Waals surface area contributed by atoms with Gasteiger partial charge in [0.1, 0.15) is 6.10 Å². The lowest BCUT2D eigenvalue weighted by molar-refractivity contribution is -0.121. The molecule has 1 aliphatic heterocycles. The predicted octanol–water partition coefficient (Wildman–Crippen LogP) is 2.16.